The van der Waals surface area contributed by atoms with Crippen molar-refractivity contribution in [1.29, 1.82) is 0 Å². The van der Waals surface area contributed by atoms with Crippen LogP contribution in [0.15, 0.2) is 24.3 Å². The molecule has 1 atom stereocenters. The summed E-state index contributed by atoms with van der Waals surface area (Å²) in [7, 11) is 1.98. The Balaban J connectivity index is 1.97. The molecule has 1 aliphatic rings. The first-order valence-electron chi connectivity index (χ1n) is 6.92. The molecule has 0 radical (unpaired) electrons. The van der Waals surface area contributed by atoms with Crippen LogP contribution < -0.4 is 5.73 Å². The van der Waals surface area contributed by atoms with Crippen molar-refractivity contribution >= 4 is 11.6 Å². The van der Waals surface area contributed by atoms with Crippen LogP contribution in [0.1, 0.15) is 25.3 Å². The summed E-state index contributed by atoms with van der Waals surface area (Å²) < 4.78 is 0. The van der Waals surface area contributed by atoms with E-state index in [0.717, 1.165) is 37.2 Å². The monoisotopic (exact) mass is 261 g/mol. The van der Waals surface area contributed by atoms with Gasteiger partial charge in [0.15, 0.2) is 0 Å². The number of rotatable bonds is 4. The number of carbonyl (C=O) groups excluding carboxylic acids is 1. The third-order valence-electron chi connectivity index (χ3n) is 3.91. The molecule has 0 aromatic heterocycles. The summed E-state index contributed by atoms with van der Waals surface area (Å²) >= 11 is 0. The van der Waals surface area contributed by atoms with Crippen LogP contribution in [-0.4, -0.2) is 41.9 Å². The molecule has 1 amide bonds. The Kier molecular flexibility index (Phi) is 4.43. The van der Waals surface area contributed by atoms with Gasteiger partial charge >= 0.3 is 0 Å². The van der Waals surface area contributed by atoms with Gasteiger partial charge in [-0.2, -0.15) is 0 Å². The van der Waals surface area contributed by atoms with E-state index in [1.165, 1.54) is 0 Å². The number of benzene rings is 1. The van der Waals surface area contributed by atoms with Crippen molar-refractivity contribution in [1.82, 2.24) is 9.80 Å². The minimum Gasteiger partial charge on any atom is -0.398 e. The fraction of sp³-hybridized carbons (Fsp3) is 0.533. The van der Waals surface area contributed by atoms with Crippen LogP contribution in [-0.2, 0) is 11.3 Å². The van der Waals surface area contributed by atoms with Gasteiger partial charge in [0.25, 0.3) is 0 Å². The second kappa shape index (κ2) is 6.06. The fourth-order valence-electron chi connectivity index (χ4n) is 2.47. The van der Waals surface area contributed by atoms with Gasteiger partial charge in [-0.3, -0.25) is 9.69 Å². The molecule has 1 heterocycles. The van der Waals surface area contributed by atoms with Crippen LogP contribution in [0.5, 0.6) is 0 Å². The molecule has 2 N–H and O–H groups in total. The van der Waals surface area contributed by atoms with Crippen LogP contribution in [0.4, 0.5) is 5.69 Å². The van der Waals surface area contributed by atoms with Crippen molar-refractivity contribution in [3.63, 3.8) is 0 Å². The summed E-state index contributed by atoms with van der Waals surface area (Å²) in [6.45, 7) is 4.49. The summed E-state index contributed by atoms with van der Waals surface area (Å²) in [4.78, 5) is 16.3. The van der Waals surface area contributed by atoms with Crippen LogP contribution >= 0.6 is 0 Å². The predicted octanol–water partition coefficient (Wildman–Crippen LogP) is 1.71. The Labute approximate surface area is 115 Å². The molecule has 4 heteroatoms. The van der Waals surface area contributed by atoms with Gasteiger partial charge in [0.2, 0.25) is 5.91 Å². The zero-order valence-corrected chi connectivity index (χ0v) is 11.8. The van der Waals surface area contributed by atoms with Crippen molar-refractivity contribution in [2.75, 3.05) is 25.9 Å². The number of anilines is 1. The van der Waals surface area contributed by atoms with Crippen LogP contribution in [0.2, 0.25) is 0 Å². The van der Waals surface area contributed by atoms with E-state index in [0.29, 0.717) is 6.54 Å². The Morgan fingerprint density at radius 1 is 1.37 bits per heavy atom. The second-order valence-corrected chi connectivity index (χ2v) is 5.32. The van der Waals surface area contributed by atoms with E-state index in [1.54, 1.807) is 0 Å². The number of nitrogens with two attached hydrogens (primary N) is 1. The van der Waals surface area contributed by atoms with Crippen molar-refractivity contribution < 1.29 is 4.79 Å². The van der Waals surface area contributed by atoms with Gasteiger partial charge in [-0.1, -0.05) is 18.2 Å². The van der Waals surface area contributed by atoms with Gasteiger partial charge < -0.3 is 10.6 Å². The lowest BCUT2D eigenvalue weighted by molar-refractivity contribution is -0.135. The molecule has 1 aromatic carbocycles. The number of hydrogen-bond donors (Lipinski definition) is 1. The molecule has 1 unspecified atom stereocenters. The van der Waals surface area contributed by atoms with Crippen LogP contribution in [0.3, 0.4) is 0 Å². The van der Waals surface area contributed by atoms with Crippen LogP contribution in [0.25, 0.3) is 0 Å². The number of likely N-dealkylation sites (tertiary alicyclic amines) is 1. The first-order valence-corrected chi connectivity index (χ1v) is 6.92. The molecule has 0 bridgehead atoms. The molecule has 1 fully saturated rings. The van der Waals surface area contributed by atoms with Crippen molar-refractivity contribution in [3.05, 3.63) is 29.8 Å². The minimum atomic E-state index is -0.0993. The highest BCUT2D eigenvalue weighted by Gasteiger charge is 2.25. The first kappa shape index (κ1) is 13.9. The zero-order valence-electron chi connectivity index (χ0n) is 11.8. The quantitative estimate of drug-likeness (QED) is 0.839. The van der Waals surface area contributed by atoms with Crippen molar-refractivity contribution in [3.8, 4) is 0 Å². The van der Waals surface area contributed by atoms with E-state index in [4.69, 9.17) is 5.73 Å². The summed E-state index contributed by atoms with van der Waals surface area (Å²) in [5.41, 5.74) is 7.81. The van der Waals surface area contributed by atoms with E-state index < -0.39 is 0 Å². The van der Waals surface area contributed by atoms with Gasteiger partial charge in [0, 0.05) is 25.3 Å². The number of likely N-dealkylation sites (N-methyl/N-ethyl adjacent to an activating group) is 1. The Bertz CT molecular complexity index is 441. The molecule has 1 saturated heterocycles. The summed E-state index contributed by atoms with van der Waals surface area (Å²) in [5, 5.41) is 0. The van der Waals surface area contributed by atoms with E-state index in [-0.39, 0.29) is 11.9 Å². The fourth-order valence-corrected chi connectivity index (χ4v) is 2.47. The molecule has 1 aromatic rings. The number of amides is 1. The molecule has 0 saturated carbocycles. The maximum atomic E-state index is 12.3. The second-order valence-electron chi connectivity index (χ2n) is 5.32. The lowest BCUT2D eigenvalue weighted by Crippen LogP contribution is -2.44. The molecule has 2 rings (SSSR count). The third-order valence-corrected chi connectivity index (χ3v) is 3.91. The largest absolute Gasteiger partial charge is 0.398 e. The van der Waals surface area contributed by atoms with Gasteiger partial charge in [-0.15, -0.1) is 0 Å². The predicted molar refractivity (Wildman–Crippen MR) is 77.6 cm³/mol. The molecule has 0 aliphatic carbocycles. The first-order chi connectivity index (χ1) is 9.09. The van der Waals surface area contributed by atoms with Gasteiger partial charge in [-0.05, 0) is 38.4 Å². The lowest BCUT2D eigenvalue weighted by Gasteiger charge is -2.28. The summed E-state index contributed by atoms with van der Waals surface area (Å²) in [6.07, 6.45) is 2.27. The molecule has 4 nitrogen and oxygen atoms in total. The average Bonchev–Trinajstić information content (AvgIpc) is 2.93. The Hall–Kier alpha value is -1.55. The molecule has 1 aliphatic heterocycles. The minimum absolute atomic E-state index is 0.0993. The Morgan fingerprint density at radius 3 is 2.63 bits per heavy atom. The third kappa shape index (κ3) is 3.26. The molecule has 104 valence electrons. The molecule has 19 heavy (non-hydrogen) atoms. The van der Waals surface area contributed by atoms with Crippen molar-refractivity contribution in [2.45, 2.75) is 32.4 Å². The van der Waals surface area contributed by atoms with E-state index in [9.17, 15) is 4.79 Å². The number of nitrogens with zero attached hydrogens (tertiary/aromatic N) is 2. The topological polar surface area (TPSA) is 49.6 Å². The van der Waals surface area contributed by atoms with E-state index in [2.05, 4.69) is 4.90 Å². The molecule has 0 spiro atoms. The summed E-state index contributed by atoms with van der Waals surface area (Å²) in [5.74, 6) is 0.231. The average molecular weight is 261 g/mol. The number of nitrogen functional groups attached to an aromatic ring is 1. The zero-order chi connectivity index (χ0) is 13.8. The molecular weight excluding hydrogens is 238 g/mol. The van der Waals surface area contributed by atoms with Gasteiger partial charge in [0.05, 0.1) is 6.04 Å². The maximum Gasteiger partial charge on any atom is 0.239 e. The molecular formula is C15H23N3O. The van der Waals surface area contributed by atoms with E-state index in [1.807, 2.05) is 43.1 Å². The normalized spacial score (nSPS) is 16.9. The lowest BCUT2D eigenvalue weighted by atomic mass is 10.1. The van der Waals surface area contributed by atoms with Gasteiger partial charge in [0.1, 0.15) is 0 Å². The number of carbonyl (C=O) groups is 1. The van der Waals surface area contributed by atoms with Gasteiger partial charge in [-0.25, -0.2) is 0 Å². The standard InChI is InChI=1S/C15H23N3O/c1-12(15(19)18-9-5-6-10-18)17(2)11-13-7-3-4-8-14(13)16/h3-4,7-8,12H,5-6,9-11,16H2,1-2H3. The highest BCUT2D eigenvalue weighted by atomic mass is 16.2. The van der Waals surface area contributed by atoms with Crippen LogP contribution in [0, 0.1) is 0 Å². The highest BCUT2D eigenvalue weighted by molar-refractivity contribution is 5.81. The highest BCUT2D eigenvalue weighted by Crippen LogP contribution is 2.16. The smallest absolute Gasteiger partial charge is 0.239 e. The van der Waals surface area contributed by atoms with Crippen molar-refractivity contribution in [2.24, 2.45) is 0 Å². The van der Waals surface area contributed by atoms with E-state index >= 15 is 0 Å². The number of hydrogen-bond acceptors (Lipinski definition) is 3. The number of para-hydroxylation sites is 1. The summed E-state index contributed by atoms with van der Waals surface area (Å²) in [6, 6.07) is 7.72. The Morgan fingerprint density at radius 2 is 2.00 bits per heavy atom. The SMILES string of the molecule is CC(C(=O)N1CCCC1)N(C)Cc1ccccc1N. The maximum absolute atomic E-state index is 12.3.